The normalized spacial score (nSPS) is 14.1. The Morgan fingerprint density at radius 1 is 1.06 bits per heavy atom. The molecule has 0 bridgehead atoms. The Morgan fingerprint density at radius 2 is 1.84 bits per heavy atom. The van der Waals surface area contributed by atoms with Crippen molar-refractivity contribution >= 4 is 62.4 Å². The number of hydrogen-bond donors (Lipinski definition) is 0. The highest BCUT2D eigenvalue weighted by Crippen LogP contribution is 2.41. The van der Waals surface area contributed by atoms with E-state index in [2.05, 4.69) is 15.9 Å². The van der Waals surface area contributed by atoms with Gasteiger partial charge in [-0.2, -0.15) is 0 Å². The summed E-state index contributed by atoms with van der Waals surface area (Å²) in [5, 5.41) is 0.972. The van der Waals surface area contributed by atoms with E-state index in [9.17, 15) is 4.79 Å². The number of hydrogen-bond acceptors (Lipinski definition) is 3. The first kappa shape index (κ1) is 22.7. The summed E-state index contributed by atoms with van der Waals surface area (Å²) >= 11 is 15.7. The van der Waals surface area contributed by atoms with Gasteiger partial charge in [-0.15, -0.1) is 0 Å². The van der Waals surface area contributed by atoms with Crippen LogP contribution in [0.2, 0.25) is 10.0 Å². The van der Waals surface area contributed by atoms with Gasteiger partial charge in [0.2, 0.25) is 0 Å². The van der Waals surface area contributed by atoms with Crippen molar-refractivity contribution in [3.05, 3.63) is 85.8 Å². The molecule has 0 saturated heterocycles. The lowest BCUT2D eigenvalue weighted by molar-refractivity contribution is -0.112. The lowest BCUT2D eigenvalue weighted by Gasteiger charge is -2.14. The maximum atomic E-state index is 13.0. The lowest BCUT2D eigenvalue weighted by Crippen LogP contribution is -2.25. The van der Waals surface area contributed by atoms with E-state index < -0.39 is 0 Å². The highest BCUT2D eigenvalue weighted by atomic mass is 79.9. The van der Waals surface area contributed by atoms with Crippen molar-refractivity contribution in [1.82, 2.24) is 0 Å². The molecule has 0 aromatic heterocycles. The number of nitrogens with zero attached hydrogens (tertiary/aromatic N) is 1. The molecule has 1 aliphatic rings. The zero-order valence-corrected chi connectivity index (χ0v) is 20.6. The van der Waals surface area contributed by atoms with E-state index >= 15 is 0 Å². The van der Waals surface area contributed by atoms with Crippen LogP contribution in [-0.2, 0) is 11.4 Å². The van der Waals surface area contributed by atoms with E-state index in [0.29, 0.717) is 40.3 Å². The van der Waals surface area contributed by atoms with Crippen molar-refractivity contribution in [3.8, 4) is 11.5 Å². The van der Waals surface area contributed by atoms with Crippen molar-refractivity contribution in [1.29, 1.82) is 0 Å². The molecule has 7 heteroatoms. The first-order valence-corrected chi connectivity index (χ1v) is 11.5. The number of halogens is 3. The third kappa shape index (κ3) is 4.38. The monoisotopic (exact) mass is 531 g/mol. The quantitative estimate of drug-likeness (QED) is 0.314. The standard InChI is InChI=1S/C25H20BrCl2NO3/c1-3-29-22-7-5-4-6-17(22)18(25(29)30)10-16-11-19(26)24(23(13-16)31-2)32-14-15-8-9-20(27)21(28)12-15/h4-13H,3,14H2,1-2H3/b18-10-. The molecule has 164 valence electrons. The van der Waals surface area contributed by atoms with Crippen LogP contribution >= 0.6 is 39.1 Å². The van der Waals surface area contributed by atoms with E-state index in [0.717, 1.165) is 26.9 Å². The Bertz CT molecular complexity index is 1230. The molecule has 4 nitrogen and oxygen atoms in total. The number of amides is 1. The highest BCUT2D eigenvalue weighted by molar-refractivity contribution is 9.10. The number of benzene rings is 3. The van der Waals surface area contributed by atoms with Crippen LogP contribution in [0.3, 0.4) is 0 Å². The van der Waals surface area contributed by atoms with Crippen molar-refractivity contribution in [3.63, 3.8) is 0 Å². The number of fused-ring (bicyclic) bond motifs is 1. The van der Waals surface area contributed by atoms with E-state index in [-0.39, 0.29) is 5.91 Å². The Hall–Kier alpha value is -2.47. The van der Waals surface area contributed by atoms with Crippen LogP contribution in [0.1, 0.15) is 23.6 Å². The summed E-state index contributed by atoms with van der Waals surface area (Å²) in [7, 11) is 1.58. The molecule has 1 heterocycles. The number of para-hydroxylation sites is 1. The largest absolute Gasteiger partial charge is 0.493 e. The smallest absolute Gasteiger partial charge is 0.258 e. The number of carbonyl (C=O) groups is 1. The van der Waals surface area contributed by atoms with Crippen LogP contribution in [0.15, 0.2) is 59.1 Å². The number of carbonyl (C=O) groups excluding carboxylic acids is 1. The van der Waals surface area contributed by atoms with Crippen molar-refractivity contribution in [2.45, 2.75) is 13.5 Å². The third-order valence-corrected chi connectivity index (χ3v) is 6.53. The van der Waals surface area contributed by atoms with E-state index in [1.807, 2.05) is 55.5 Å². The average Bonchev–Trinajstić information content (AvgIpc) is 3.05. The summed E-state index contributed by atoms with van der Waals surface area (Å²) < 4.78 is 12.3. The minimum atomic E-state index is -0.0104. The Balaban J connectivity index is 1.65. The number of likely N-dealkylation sites (N-methyl/N-ethyl adjacent to an activating group) is 1. The van der Waals surface area contributed by atoms with Gasteiger partial charge in [-0.3, -0.25) is 4.79 Å². The average molecular weight is 533 g/mol. The molecule has 32 heavy (non-hydrogen) atoms. The molecule has 0 N–H and O–H groups in total. The van der Waals surface area contributed by atoms with Gasteiger partial charge in [0.15, 0.2) is 11.5 Å². The maximum Gasteiger partial charge on any atom is 0.258 e. The molecule has 4 rings (SSSR count). The zero-order chi connectivity index (χ0) is 22.8. The maximum absolute atomic E-state index is 13.0. The second-order valence-corrected chi connectivity index (χ2v) is 8.86. The van der Waals surface area contributed by atoms with Gasteiger partial charge in [0.1, 0.15) is 6.61 Å². The van der Waals surface area contributed by atoms with Gasteiger partial charge in [-0.1, -0.05) is 47.5 Å². The van der Waals surface area contributed by atoms with Gasteiger partial charge in [-0.05, 0) is 70.4 Å². The van der Waals surface area contributed by atoms with E-state index in [4.69, 9.17) is 32.7 Å². The molecule has 1 amide bonds. The van der Waals surface area contributed by atoms with Crippen LogP contribution in [-0.4, -0.2) is 19.6 Å². The molecule has 0 fully saturated rings. The predicted octanol–water partition coefficient (Wildman–Crippen LogP) is 7.25. The Morgan fingerprint density at radius 3 is 2.56 bits per heavy atom. The number of rotatable bonds is 6. The van der Waals surface area contributed by atoms with Gasteiger partial charge >= 0.3 is 0 Å². The molecule has 3 aromatic carbocycles. The second-order valence-electron chi connectivity index (χ2n) is 7.20. The van der Waals surface area contributed by atoms with Crippen LogP contribution < -0.4 is 14.4 Å². The fraction of sp³-hybridized carbons (Fsp3) is 0.160. The predicted molar refractivity (Wildman–Crippen MR) is 134 cm³/mol. The summed E-state index contributed by atoms with van der Waals surface area (Å²) in [5.41, 5.74) is 4.22. The van der Waals surface area contributed by atoms with Crippen molar-refractivity contribution in [2.24, 2.45) is 0 Å². The SMILES string of the molecule is CCN1C(=O)/C(=C\c2cc(Br)c(OCc3ccc(Cl)c(Cl)c3)c(OC)c2)c2ccccc21. The summed E-state index contributed by atoms with van der Waals surface area (Å²) in [4.78, 5) is 14.8. The van der Waals surface area contributed by atoms with Gasteiger partial charge in [-0.25, -0.2) is 0 Å². The molecule has 0 spiro atoms. The molecule has 3 aromatic rings. The minimum absolute atomic E-state index is 0.0104. The van der Waals surface area contributed by atoms with Crippen molar-refractivity contribution in [2.75, 3.05) is 18.6 Å². The minimum Gasteiger partial charge on any atom is -0.493 e. The van der Waals surface area contributed by atoms with E-state index in [1.54, 1.807) is 24.1 Å². The highest BCUT2D eigenvalue weighted by Gasteiger charge is 2.30. The van der Waals surface area contributed by atoms with Crippen LogP contribution in [0.4, 0.5) is 5.69 Å². The van der Waals surface area contributed by atoms with Crippen molar-refractivity contribution < 1.29 is 14.3 Å². The topological polar surface area (TPSA) is 38.8 Å². The van der Waals surface area contributed by atoms with Gasteiger partial charge in [0.25, 0.3) is 5.91 Å². The van der Waals surface area contributed by atoms with Gasteiger partial charge in [0.05, 0.1) is 27.3 Å². The zero-order valence-electron chi connectivity index (χ0n) is 17.5. The Labute approximate surface area is 205 Å². The molecule has 0 radical (unpaired) electrons. The first-order valence-electron chi connectivity index (χ1n) is 10.00. The number of methoxy groups -OCH3 is 1. The number of anilines is 1. The fourth-order valence-corrected chi connectivity index (χ4v) is 4.57. The van der Waals surface area contributed by atoms with Gasteiger partial charge in [0, 0.05) is 17.7 Å². The molecule has 0 saturated carbocycles. The van der Waals surface area contributed by atoms with Gasteiger partial charge < -0.3 is 14.4 Å². The van der Waals surface area contributed by atoms with E-state index in [1.165, 1.54) is 0 Å². The molecule has 1 aliphatic heterocycles. The molecular weight excluding hydrogens is 513 g/mol. The van der Waals surface area contributed by atoms with Crippen LogP contribution in [0.25, 0.3) is 11.6 Å². The first-order chi connectivity index (χ1) is 15.4. The lowest BCUT2D eigenvalue weighted by atomic mass is 10.0. The van der Waals surface area contributed by atoms with Crippen LogP contribution in [0.5, 0.6) is 11.5 Å². The summed E-state index contributed by atoms with van der Waals surface area (Å²) in [6.07, 6.45) is 1.88. The molecule has 0 atom stereocenters. The second kappa shape index (κ2) is 9.57. The molecule has 0 aliphatic carbocycles. The summed E-state index contributed by atoms with van der Waals surface area (Å²) in [5.74, 6) is 1.11. The summed E-state index contributed by atoms with van der Waals surface area (Å²) in [6, 6.07) is 16.9. The molecular formula is C25H20BrCl2NO3. The Kier molecular flexibility index (Phi) is 6.79. The molecule has 0 unspecified atom stereocenters. The van der Waals surface area contributed by atoms with Crippen LogP contribution in [0, 0.1) is 0 Å². The number of ether oxygens (including phenoxy) is 2. The third-order valence-electron chi connectivity index (χ3n) is 5.21. The summed E-state index contributed by atoms with van der Waals surface area (Å²) in [6.45, 7) is 2.88. The fourth-order valence-electron chi connectivity index (χ4n) is 3.67.